The molecule has 15 heavy (non-hydrogen) atoms. The molecule has 0 rings (SSSR count). The minimum absolute atomic E-state index is 0. The van der Waals surface area contributed by atoms with Crippen molar-refractivity contribution in [3.05, 3.63) is 0 Å². The van der Waals surface area contributed by atoms with E-state index in [4.69, 9.17) is 21.7 Å². The van der Waals surface area contributed by atoms with E-state index in [0.717, 1.165) is 0 Å². The van der Waals surface area contributed by atoms with Crippen molar-refractivity contribution in [1.29, 1.82) is 0 Å². The quantitative estimate of drug-likeness (QED) is 0.273. The number of hydrogen-bond donors (Lipinski definition) is 4. The smallest absolute Gasteiger partial charge is 0.321 e. The monoisotopic (exact) mass is 303 g/mol. The van der Waals surface area contributed by atoms with E-state index in [1.807, 2.05) is 0 Å². The Morgan fingerprint density at radius 2 is 1.27 bits per heavy atom. The Bertz CT molecular complexity index is 197. The second kappa shape index (κ2) is 9.32. The minimum Gasteiger partial charge on any atom is -0.480 e. The van der Waals surface area contributed by atoms with Crippen LogP contribution < -0.4 is 11.5 Å². The van der Waals surface area contributed by atoms with Crippen LogP contribution in [0.1, 0.15) is 0 Å². The Morgan fingerprint density at radius 3 is 1.47 bits per heavy atom. The molecule has 1 radical (unpaired) electrons. The summed E-state index contributed by atoms with van der Waals surface area (Å²) in [6.07, 6.45) is 0. The molecule has 93 valence electrons. The van der Waals surface area contributed by atoms with Crippen LogP contribution in [-0.2, 0) is 26.7 Å². The van der Waals surface area contributed by atoms with Crippen molar-refractivity contribution in [2.45, 2.75) is 12.1 Å². The van der Waals surface area contributed by atoms with E-state index in [9.17, 15) is 9.59 Å². The third kappa shape index (κ3) is 9.03. The zero-order valence-corrected chi connectivity index (χ0v) is 10.1. The number of carboxylic acid groups (broad SMARTS) is 2. The van der Waals surface area contributed by atoms with E-state index in [2.05, 4.69) is 0 Å². The molecule has 0 saturated heterocycles. The van der Waals surface area contributed by atoms with E-state index >= 15 is 0 Å². The van der Waals surface area contributed by atoms with Gasteiger partial charge in [-0.1, -0.05) is 21.6 Å². The fourth-order valence-electron chi connectivity index (χ4n) is 0.385. The normalized spacial score (nSPS) is 13.7. The molecule has 9 heteroatoms. The fraction of sp³-hybridized carbons (Fsp3) is 0.667. The molecule has 0 fully saturated rings. The van der Waals surface area contributed by atoms with Crippen molar-refractivity contribution in [2.24, 2.45) is 11.5 Å². The van der Waals surface area contributed by atoms with Crippen molar-refractivity contribution in [2.75, 3.05) is 11.5 Å². The SMILES string of the molecule is N[C@@H](CSSC[C@H](N)C(=O)O)C(=O)O.[Cu]. The zero-order valence-electron chi connectivity index (χ0n) is 7.55. The van der Waals surface area contributed by atoms with Crippen LogP contribution in [0.25, 0.3) is 0 Å². The average molecular weight is 304 g/mol. The van der Waals surface area contributed by atoms with Crippen LogP contribution in [0, 0.1) is 0 Å². The Labute approximate surface area is 105 Å². The van der Waals surface area contributed by atoms with Crippen LogP contribution in [-0.4, -0.2) is 45.7 Å². The van der Waals surface area contributed by atoms with Gasteiger partial charge >= 0.3 is 11.9 Å². The number of hydrogen-bond acceptors (Lipinski definition) is 6. The van der Waals surface area contributed by atoms with Gasteiger partial charge in [-0.05, 0) is 0 Å². The zero-order chi connectivity index (χ0) is 11.1. The summed E-state index contributed by atoms with van der Waals surface area (Å²) in [5.74, 6) is -1.68. The molecule has 0 heterocycles. The molecule has 6 nitrogen and oxygen atoms in total. The van der Waals surface area contributed by atoms with E-state index in [0.29, 0.717) is 0 Å². The Kier molecular flexibility index (Phi) is 10.9. The van der Waals surface area contributed by atoms with Gasteiger partial charge in [-0.2, -0.15) is 0 Å². The molecule has 0 aliphatic rings. The number of carbonyl (C=O) groups is 2. The first-order chi connectivity index (χ1) is 6.45. The number of aliphatic carboxylic acids is 2. The molecule has 0 spiro atoms. The van der Waals surface area contributed by atoms with Gasteiger partial charge in [-0.3, -0.25) is 9.59 Å². The summed E-state index contributed by atoms with van der Waals surface area (Å²) in [6, 6.07) is -1.85. The maximum atomic E-state index is 10.3. The van der Waals surface area contributed by atoms with Gasteiger partial charge in [0.15, 0.2) is 0 Å². The third-order valence-corrected chi connectivity index (χ3v) is 3.69. The van der Waals surface area contributed by atoms with Crippen LogP contribution in [0.15, 0.2) is 0 Å². The molecule has 6 N–H and O–H groups in total. The fourth-order valence-corrected chi connectivity index (χ4v) is 2.61. The van der Waals surface area contributed by atoms with Crippen molar-refractivity contribution < 1.29 is 36.9 Å². The first-order valence-electron chi connectivity index (χ1n) is 3.66. The van der Waals surface area contributed by atoms with Gasteiger partial charge in [-0.15, -0.1) is 0 Å². The molecule has 0 aromatic rings. The van der Waals surface area contributed by atoms with Gasteiger partial charge in [0.05, 0.1) is 0 Å². The predicted molar refractivity (Wildman–Crippen MR) is 56.1 cm³/mol. The first kappa shape index (κ1) is 17.5. The van der Waals surface area contributed by atoms with E-state index in [-0.39, 0.29) is 28.6 Å². The van der Waals surface area contributed by atoms with Crippen molar-refractivity contribution in [1.82, 2.24) is 0 Å². The van der Waals surface area contributed by atoms with Crippen molar-refractivity contribution in [3.8, 4) is 0 Å². The second-order valence-electron chi connectivity index (χ2n) is 2.46. The van der Waals surface area contributed by atoms with Crippen molar-refractivity contribution >= 4 is 33.5 Å². The maximum Gasteiger partial charge on any atom is 0.321 e. The summed E-state index contributed by atoms with van der Waals surface area (Å²) >= 11 is 0. The van der Waals surface area contributed by atoms with E-state index in [1.54, 1.807) is 0 Å². The van der Waals surface area contributed by atoms with Gasteiger partial charge in [0.25, 0.3) is 0 Å². The Balaban J connectivity index is 0. The van der Waals surface area contributed by atoms with Gasteiger partial charge in [0.1, 0.15) is 12.1 Å². The molecule has 0 aliphatic heterocycles. The molecule has 0 aromatic carbocycles. The molecule has 2 atom stereocenters. The molecule has 0 amide bonds. The Morgan fingerprint density at radius 1 is 1.00 bits per heavy atom. The molecule has 0 unspecified atom stereocenters. The van der Waals surface area contributed by atoms with Crippen molar-refractivity contribution in [3.63, 3.8) is 0 Å². The summed E-state index contributed by atoms with van der Waals surface area (Å²) < 4.78 is 0. The third-order valence-electron chi connectivity index (χ3n) is 1.21. The summed E-state index contributed by atoms with van der Waals surface area (Å²) in [7, 11) is 2.41. The average Bonchev–Trinajstić information content (AvgIpc) is 2.11. The van der Waals surface area contributed by atoms with Crippen LogP contribution >= 0.6 is 21.6 Å². The second-order valence-corrected chi connectivity index (χ2v) is 5.01. The molecular weight excluding hydrogens is 292 g/mol. The summed E-state index contributed by atoms with van der Waals surface area (Å²) in [5.41, 5.74) is 10.4. The van der Waals surface area contributed by atoms with E-state index < -0.39 is 24.0 Å². The molecule has 0 aliphatic carbocycles. The van der Waals surface area contributed by atoms with E-state index in [1.165, 1.54) is 21.6 Å². The summed E-state index contributed by atoms with van der Waals surface area (Å²) in [5, 5.41) is 16.8. The standard InChI is InChI=1S/C6H12N2O4S2.Cu/c7-3(5(9)10)1-13-14-2-4(8)6(11)12;/h3-4H,1-2,7-8H2,(H,9,10)(H,11,12);/t3-,4-;/m0./s1. The summed E-state index contributed by atoms with van der Waals surface area (Å²) in [6.45, 7) is 0. The number of carboxylic acids is 2. The topological polar surface area (TPSA) is 127 Å². The van der Waals surface area contributed by atoms with Gasteiger partial charge in [-0.25, -0.2) is 0 Å². The first-order valence-corrected chi connectivity index (χ1v) is 6.15. The predicted octanol–water partition coefficient (Wildman–Crippen LogP) is -0.811. The molecule has 0 saturated carbocycles. The molecule has 0 aromatic heterocycles. The van der Waals surface area contributed by atoms with Crippen LogP contribution in [0.3, 0.4) is 0 Å². The van der Waals surface area contributed by atoms with Crippen LogP contribution in [0.2, 0.25) is 0 Å². The number of nitrogens with two attached hydrogens (primary N) is 2. The number of rotatable bonds is 7. The maximum absolute atomic E-state index is 10.3. The van der Waals surface area contributed by atoms with Gasteiger partial charge in [0, 0.05) is 28.6 Å². The molecular formula is C6H12CuN2O4S2. The largest absolute Gasteiger partial charge is 0.480 e. The van der Waals surface area contributed by atoms with Gasteiger partial charge < -0.3 is 21.7 Å². The molecule has 0 bridgehead atoms. The van der Waals surface area contributed by atoms with Crippen LogP contribution in [0.5, 0.6) is 0 Å². The van der Waals surface area contributed by atoms with Crippen LogP contribution in [0.4, 0.5) is 0 Å². The Hall–Kier alpha value is 0.0795. The summed E-state index contributed by atoms with van der Waals surface area (Å²) in [4.78, 5) is 20.5. The van der Waals surface area contributed by atoms with Gasteiger partial charge in [0.2, 0.25) is 0 Å². The minimum atomic E-state index is -1.07.